The number of fused-ring (bicyclic) bond motifs is 1. The molecule has 0 atom stereocenters. The van der Waals surface area contributed by atoms with E-state index < -0.39 is 0 Å². The number of carbonyl (C=O) groups excluding carboxylic acids is 1. The van der Waals surface area contributed by atoms with E-state index in [-0.39, 0.29) is 12.6 Å². The smallest absolute Gasteiger partial charge is 0.355 e. The van der Waals surface area contributed by atoms with Crippen LogP contribution in [0.3, 0.4) is 0 Å². The van der Waals surface area contributed by atoms with Gasteiger partial charge in [0, 0.05) is 30.5 Å². The van der Waals surface area contributed by atoms with Gasteiger partial charge < -0.3 is 15.0 Å². The topological polar surface area (TPSA) is 74.5 Å². The SMILES string of the molecule is CCn1cc(N)cc1C(=O)OCc1cn2ccsc2n1. The van der Waals surface area contributed by atoms with E-state index >= 15 is 0 Å². The van der Waals surface area contributed by atoms with Gasteiger partial charge in [-0.2, -0.15) is 0 Å². The number of imidazole rings is 1. The molecule has 7 heteroatoms. The molecule has 0 bridgehead atoms. The summed E-state index contributed by atoms with van der Waals surface area (Å²) in [5.41, 5.74) is 7.44. The molecule has 0 fully saturated rings. The number of rotatable bonds is 4. The monoisotopic (exact) mass is 290 g/mol. The Kier molecular flexibility index (Phi) is 3.19. The Morgan fingerprint density at radius 3 is 3.10 bits per heavy atom. The molecule has 3 heterocycles. The maximum Gasteiger partial charge on any atom is 0.355 e. The summed E-state index contributed by atoms with van der Waals surface area (Å²) in [6, 6.07) is 1.62. The molecule has 3 aromatic rings. The van der Waals surface area contributed by atoms with E-state index in [1.54, 1.807) is 16.8 Å². The molecular weight excluding hydrogens is 276 g/mol. The number of hydrogen-bond acceptors (Lipinski definition) is 5. The van der Waals surface area contributed by atoms with Crippen molar-refractivity contribution >= 4 is 28.0 Å². The summed E-state index contributed by atoms with van der Waals surface area (Å²) in [6.45, 7) is 2.77. The molecule has 3 rings (SSSR count). The summed E-state index contributed by atoms with van der Waals surface area (Å²) in [7, 11) is 0. The molecular formula is C13H14N4O2S. The third-order valence-electron chi connectivity index (χ3n) is 2.96. The lowest BCUT2D eigenvalue weighted by molar-refractivity contribution is 0.0456. The summed E-state index contributed by atoms with van der Waals surface area (Å²) in [4.78, 5) is 17.3. The molecule has 0 spiro atoms. The predicted octanol–water partition coefficient (Wildman–Crippen LogP) is 2.16. The first kappa shape index (κ1) is 12.7. The maximum atomic E-state index is 12.0. The minimum Gasteiger partial charge on any atom is -0.454 e. The molecule has 20 heavy (non-hydrogen) atoms. The Morgan fingerprint density at radius 2 is 2.35 bits per heavy atom. The number of ether oxygens (including phenoxy) is 1. The first-order valence-electron chi connectivity index (χ1n) is 6.21. The highest BCUT2D eigenvalue weighted by Crippen LogP contribution is 2.15. The third kappa shape index (κ3) is 2.27. The molecule has 2 N–H and O–H groups in total. The molecule has 6 nitrogen and oxygen atoms in total. The van der Waals surface area contributed by atoms with Gasteiger partial charge in [-0.25, -0.2) is 9.78 Å². The molecule has 0 aliphatic rings. The van der Waals surface area contributed by atoms with Gasteiger partial charge in [-0.1, -0.05) is 0 Å². The van der Waals surface area contributed by atoms with E-state index in [0.29, 0.717) is 17.9 Å². The number of aromatic nitrogens is 3. The number of nitrogens with two attached hydrogens (primary N) is 1. The quantitative estimate of drug-likeness (QED) is 0.747. The highest BCUT2D eigenvalue weighted by molar-refractivity contribution is 7.15. The first-order chi connectivity index (χ1) is 9.67. The van der Waals surface area contributed by atoms with Crippen molar-refractivity contribution in [2.45, 2.75) is 20.1 Å². The van der Waals surface area contributed by atoms with Gasteiger partial charge in [-0.05, 0) is 13.0 Å². The number of nitrogen functional groups attached to an aromatic ring is 1. The number of aryl methyl sites for hydroxylation is 1. The highest BCUT2D eigenvalue weighted by atomic mass is 32.1. The molecule has 0 unspecified atom stereocenters. The van der Waals surface area contributed by atoms with Crippen molar-refractivity contribution in [1.82, 2.24) is 14.0 Å². The van der Waals surface area contributed by atoms with Gasteiger partial charge in [0.05, 0.1) is 11.4 Å². The van der Waals surface area contributed by atoms with E-state index in [2.05, 4.69) is 4.98 Å². The second-order valence-electron chi connectivity index (χ2n) is 4.35. The summed E-state index contributed by atoms with van der Waals surface area (Å²) < 4.78 is 8.95. The Labute approximate surface area is 119 Å². The van der Waals surface area contributed by atoms with Crippen molar-refractivity contribution in [3.63, 3.8) is 0 Å². The number of esters is 1. The van der Waals surface area contributed by atoms with Crippen LogP contribution in [0.4, 0.5) is 5.69 Å². The van der Waals surface area contributed by atoms with E-state index in [4.69, 9.17) is 10.5 Å². The van der Waals surface area contributed by atoms with Gasteiger partial charge in [0.2, 0.25) is 0 Å². The molecule has 0 amide bonds. The fourth-order valence-corrected chi connectivity index (χ4v) is 2.74. The van der Waals surface area contributed by atoms with Crippen LogP contribution in [0.5, 0.6) is 0 Å². The van der Waals surface area contributed by atoms with Crippen LogP contribution in [-0.4, -0.2) is 19.9 Å². The minimum absolute atomic E-state index is 0.155. The molecule has 3 aromatic heterocycles. The molecule has 0 saturated carbocycles. The number of anilines is 1. The molecule has 0 aliphatic heterocycles. The number of nitrogens with zero attached hydrogens (tertiary/aromatic N) is 3. The molecule has 0 radical (unpaired) electrons. The van der Waals surface area contributed by atoms with Crippen molar-refractivity contribution in [2.24, 2.45) is 0 Å². The van der Waals surface area contributed by atoms with Gasteiger partial charge in [-0.3, -0.25) is 4.40 Å². The fraction of sp³-hybridized carbons (Fsp3) is 0.231. The summed E-state index contributed by atoms with van der Waals surface area (Å²) >= 11 is 1.54. The lowest BCUT2D eigenvalue weighted by atomic mass is 10.4. The van der Waals surface area contributed by atoms with E-state index in [0.717, 1.165) is 10.7 Å². The van der Waals surface area contributed by atoms with Crippen LogP contribution >= 0.6 is 11.3 Å². The van der Waals surface area contributed by atoms with Crippen LogP contribution in [0.25, 0.3) is 4.96 Å². The van der Waals surface area contributed by atoms with Gasteiger partial charge in [0.15, 0.2) is 4.96 Å². The van der Waals surface area contributed by atoms with E-state index in [1.165, 1.54) is 11.3 Å². The van der Waals surface area contributed by atoms with Crippen molar-refractivity contribution in [3.05, 3.63) is 41.4 Å². The molecule has 0 aliphatic carbocycles. The number of thiazole rings is 1. The Balaban J connectivity index is 1.71. The van der Waals surface area contributed by atoms with Crippen molar-refractivity contribution < 1.29 is 9.53 Å². The Hall–Kier alpha value is -2.28. The summed E-state index contributed by atoms with van der Waals surface area (Å²) in [6.07, 6.45) is 5.50. The first-order valence-corrected chi connectivity index (χ1v) is 7.09. The normalized spacial score (nSPS) is 11.1. The van der Waals surface area contributed by atoms with E-state index in [1.807, 2.05) is 29.1 Å². The second-order valence-corrected chi connectivity index (χ2v) is 5.22. The van der Waals surface area contributed by atoms with Crippen molar-refractivity contribution in [3.8, 4) is 0 Å². The van der Waals surface area contributed by atoms with Crippen molar-refractivity contribution in [1.29, 1.82) is 0 Å². The number of carbonyl (C=O) groups is 1. The van der Waals surface area contributed by atoms with Gasteiger partial charge >= 0.3 is 5.97 Å². The second kappa shape index (κ2) is 5.01. The van der Waals surface area contributed by atoms with Crippen molar-refractivity contribution in [2.75, 3.05) is 5.73 Å². The Morgan fingerprint density at radius 1 is 1.50 bits per heavy atom. The average Bonchev–Trinajstić information content (AvgIpc) is 3.09. The van der Waals surface area contributed by atoms with Crippen LogP contribution in [0.2, 0.25) is 0 Å². The zero-order chi connectivity index (χ0) is 14.1. The highest BCUT2D eigenvalue weighted by Gasteiger charge is 2.14. The van der Waals surface area contributed by atoms with Crippen LogP contribution < -0.4 is 5.73 Å². The van der Waals surface area contributed by atoms with Crippen LogP contribution in [-0.2, 0) is 17.9 Å². The average molecular weight is 290 g/mol. The zero-order valence-electron chi connectivity index (χ0n) is 10.9. The minimum atomic E-state index is -0.389. The number of hydrogen-bond donors (Lipinski definition) is 1. The molecule has 104 valence electrons. The molecule has 0 aromatic carbocycles. The summed E-state index contributed by atoms with van der Waals surface area (Å²) in [5, 5.41) is 1.95. The van der Waals surface area contributed by atoms with Crippen LogP contribution in [0, 0.1) is 0 Å². The molecule has 0 saturated heterocycles. The maximum absolute atomic E-state index is 12.0. The largest absolute Gasteiger partial charge is 0.454 e. The predicted molar refractivity (Wildman–Crippen MR) is 76.7 cm³/mol. The lowest BCUT2D eigenvalue weighted by Crippen LogP contribution is -2.11. The fourth-order valence-electron chi connectivity index (χ4n) is 2.02. The van der Waals surface area contributed by atoms with Crippen LogP contribution in [0.15, 0.2) is 30.0 Å². The third-order valence-corrected chi connectivity index (χ3v) is 3.73. The Bertz CT molecular complexity index is 727. The van der Waals surface area contributed by atoms with Gasteiger partial charge in [0.1, 0.15) is 12.3 Å². The van der Waals surface area contributed by atoms with Gasteiger partial charge in [0.25, 0.3) is 0 Å². The van der Waals surface area contributed by atoms with Gasteiger partial charge in [-0.15, -0.1) is 11.3 Å². The lowest BCUT2D eigenvalue weighted by Gasteiger charge is -2.05. The zero-order valence-corrected chi connectivity index (χ0v) is 11.8. The van der Waals surface area contributed by atoms with E-state index in [9.17, 15) is 4.79 Å². The standard InChI is InChI=1S/C13H14N4O2S/c1-2-16-6-9(14)5-11(16)12(18)19-8-10-7-17-3-4-20-13(17)15-10/h3-7H,2,8,14H2,1H3. The van der Waals surface area contributed by atoms with Crippen LogP contribution in [0.1, 0.15) is 23.1 Å². The summed E-state index contributed by atoms with van der Waals surface area (Å²) in [5.74, 6) is -0.389.